The van der Waals surface area contributed by atoms with E-state index in [0.29, 0.717) is 0 Å². The smallest absolute Gasteiger partial charge is 0.118 e. The van der Waals surface area contributed by atoms with Crippen LogP contribution in [0.3, 0.4) is 0 Å². The summed E-state index contributed by atoms with van der Waals surface area (Å²) in [6.07, 6.45) is 3.09. The fourth-order valence-corrected chi connectivity index (χ4v) is 3.11. The van der Waals surface area contributed by atoms with Crippen molar-refractivity contribution in [1.82, 2.24) is 15.1 Å². The zero-order valence-corrected chi connectivity index (χ0v) is 13.3. The SMILES string of the molecule is COc1ccc(-c2[nH]ncc2CN2CCC(C)(CN)C2)cc1. The van der Waals surface area contributed by atoms with Crippen LogP contribution in [-0.4, -0.2) is 41.8 Å². The van der Waals surface area contributed by atoms with Crippen LogP contribution in [0.25, 0.3) is 11.3 Å². The summed E-state index contributed by atoms with van der Waals surface area (Å²) >= 11 is 0. The van der Waals surface area contributed by atoms with Gasteiger partial charge in [0.15, 0.2) is 0 Å². The van der Waals surface area contributed by atoms with Gasteiger partial charge in [-0.25, -0.2) is 0 Å². The van der Waals surface area contributed by atoms with Crippen LogP contribution in [0.15, 0.2) is 30.5 Å². The third kappa shape index (κ3) is 3.00. The minimum atomic E-state index is 0.254. The van der Waals surface area contributed by atoms with Gasteiger partial charge < -0.3 is 10.5 Å². The lowest BCUT2D eigenvalue weighted by molar-refractivity contribution is 0.275. The monoisotopic (exact) mass is 300 g/mol. The molecule has 0 radical (unpaired) electrons. The van der Waals surface area contributed by atoms with Crippen molar-refractivity contribution in [3.8, 4) is 17.0 Å². The van der Waals surface area contributed by atoms with Gasteiger partial charge in [-0.2, -0.15) is 5.10 Å². The molecule has 0 spiro atoms. The summed E-state index contributed by atoms with van der Waals surface area (Å²) in [5.74, 6) is 0.864. The van der Waals surface area contributed by atoms with E-state index < -0.39 is 0 Å². The number of rotatable bonds is 5. The molecule has 3 N–H and O–H groups in total. The molecule has 1 aromatic heterocycles. The standard InChI is InChI=1S/C17H24N4O/c1-17(11-18)7-8-21(12-17)10-14-9-19-20-16(14)13-3-5-15(22-2)6-4-13/h3-6,9H,7-8,10-12,18H2,1-2H3,(H,19,20). The number of ether oxygens (including phenoxy) is 1. The van der Waals surface area contributed by atoms with E-state index in [1.807, 2.05) is 18.3 Å². The van der Waals surface area contributed by atoms with Gasteiger partial charge in [0.05, 0.1) is 19.0 Å². The highest BCUT2D eigenvalue weighted by Gasteiger charge is 2.32. The summed E-state index contributed by atoms with van der Waals surface area (Å²) in [4.78, 5) is 2.46. The number of hydrogen-bond donors (Lipinski definition) is 2. The van der Waals surface area contributed by atoms with Crippen molar-refractivity contribution in [3.05, 3.63) is 36.0 Å². The maximum Gasteiger partial charge on any atom is 0.118 e. The molecule has 1 unspecified atom stereocenters. The third-order valence-corrected chi connectivity index (χ3v) is 4.62. The molecule has 1 atom stereocenters. The highest BCUT2D eigenvalue weighted by Crippen LogP contribution is 2.31. The second-order valence-electron chi connectivity index (χ2n) is 6.47. The van der Waals surface area contributed by atoms with Crippen LogP contribution in [0.5, 0.6) is 5.75 Å². The van der Waals surface area contributed by atoms with E-state index in [1.54, 1.807) is 7.11 Å². The largest absolute Gasteiger partial charge is 0.497 e. The Morgan fingerprint density at radius 3 is 2.77 bits per heavy atom. The van der Waals surface area contributed by atoms with Crippen LogP contribution in [0.1, 0.15) is 18.9 Å². The van der Waals surface area contributed by atoms with E-state index in [4.69, 9.17) is 10.5 Å². The van der Waals surface area contributed by atoms with Gasteiger partial charge in [-0.15, -0.1) is 0 Å². The first kappa shape index (κ1) is 15.1. The molecule has 1 saturated heterocycles. The molecule has 1 fully saturated rings. The quantitative estimate of drug-likeness (QED) is 0.889. The molecule has 5 nitrogen and oxygen atoms in total. The van der Waals surface area contributed by atoms with Gasteiger partial charge in [-0.05, 0) is 49.2 Å². The van der Waals surface area contributed by atoms with E-state index in [2.05, 4.69) is 34.2 Å². The molecule has 1 aliphatic rings. The highest BCUT2D eigenvalue weighted by molar-refractivity contribution is 5.63. The zero-order valence-electron chi connectivity index (χ0n) is 13.3. The van der Waals surface area contributed by atoms with E-state index in [1.165, 1.54) is 12.0 Å². The van der Waals surface area contributed by atoms with Crippen LogP contribution in [-0.2, 0) is 6.54 Å². The number of nitrogens with two attached hydrogens (primary N) is 1. The molecule has 0 bridgehead atoms. The maximum absolute atomic E-state index is 5.89. The van der Waals surface area contributed by atoms with Crippen LogP contribution in [0.4, 0.5) is 0 Å². The van der Waals surface area contributed by atoms with E-state index in [0.717, 1.165) is 43.2 Å². The summed E-state index contributed by atoms with van der Waals surface area (Å²) in [6.45, 7) is 6.08. The fourth-order valence-electron chi connectivity index (χ4n) is 3.11. The van der Waals surface area contributed by atoms with E-state index in [-0.39, 0.29) is 5.41 Å². The second kappa shape index (κ2) is 6.10. The summed E-state index contributed by atoms with van der Waals surface area (Å²) in [5, 5.41) is 7.36. The number of benzene rings is 1. The van der Waals surface area contributed by atoms with E-state index in [9.17, 15) is 0 Å². The minimum absolute atomic E-state index is 0.254. The van der Waals surface area contributed by atoms with Crippen molar-refractivity contribution >= 4 is 0 Å². The normalized spacial score (nSPS) is 22.1. The van der Waals surface area contributed by atoms with Gasteiger partial charge >= 0.3 is 0 Å². The Hall–Kier alpha value is -1.85. The Labute approximate surface area is 131 Å². The lowest BCUT2D eigenvalue weighted by Gasteiger charge is -2.22. The summed E-state index contributed by atoms with van der Waals surface area (Å²) in [7, 11) is 1.68. The zero-order chi connectivity index (χ0) is 15.6. The van der Waals surface area contributed by atoms with Gasteiger partial charge in [0.2, 0.25) is 0 Å². The number of H-pyrrole nitrogens is 1. The topological polar surface area (TPSA) is 67.2 Å². The molecule has 1 aliphatic heterocycles. The highest BCUT2D eigenvalue weighted by atomic mass is 16.5. The number of likely N-dealkylation sites (tertiary alicyclic amines) is 1. The number of aromatic nitrogens is 2. The Bertz CT molecular complexity index is 622. The minimum Gasteiger partial charge on any atom is -0.497 e. The molecule has 2 heterocycles. The second-order valence-corrected chi connectivity index (χ2v) is 6.47. The van der Waals surface area contributed by atoms with Crippen LogP contribution >= 0.6 is 0 Å². The number of methoxy groups -OCH3 is 1. The molecule has 0 saturated carbocycles. The molecular formula is C17H24N4O. The lowest BCUT2D eigenvalue weighted by atomic mass is 9.90. The third-order valence-electron chi connectivity index (χ3n) is 4.62. The number of nitrogens with zero attached hydrogens (tertiary/aromatic N) is 2. The van der Waals surface area contributed by atoms with Gasteiger partial charge in [-0.1, -0.05) is 6.92 Å². The van der Waals surface area contributed by atoms with Crippen LogP contribution < -0.4 is 10.5 Å². The number of nitrogens with one attached hydrogen (secondary N) is 1. The number of hydrogen-bond acceptors (Lipinski definition) is 4. The molecule has 2 aromatic rings. The Morgan fingerprint density at radius 2 is 2.14 bits per heavy atom. The lowest BCUT2D eigenvalue weighted by Crippen LogP contribution is -2.31. The number of aromatic amines is 1. The van der Waals surface area contributed by atoms with Crippen LogP contribution in [0, 0.1) is 5.41 Å². The van der Waals surface area contributed by atoms with Gasteiger partial charge in [-0.3, -0.25) is 10.00 Å². The first-order valence-corrected chi connectivity index (χ1v) is 7.73. The maximum atomic E-state index is 5.89. The van der Waals surface area contributed by atoms with Crippen molar-refractivity contribution in [2.24, 2.45) is 11.1 Å². The fraction of sp³-hybridized carbons (Fsp3) is 0.471. The van der Waals surface area contributed by atoms with Crippen molar-refractivity contribution < 1.29 is 4.74 Å². The average Bonchev–Trinajstić information content (AvgIpc) is 3.15. The average molecular weight is 300 g/mol. The summed E-state index contributed by atoms with van der Waals surface area (Å²) in [5.41, 5.74) is 9.60. The van der Waals surface area contributed by atoms with Gasteiger partial charge in [0.25, 0.3) is 0 Å². The first-order chi connectivity index (χ1) is 10.6. The van der Waals surface area contributed by atoms with Crippen LogP contribution in [0.2, 0.25) is 0 Å². The predicted octanol–water partition coefficient (Wildman–Crippen LogP) is 2.26. The summed E-state index contributed by atoms with van der Waals surface area (Å²) in [6, 6.07) is 8.07. The molecule has 118 valence electrons. The molecule has 0 aliphatic carbocycles. The Balaban J connectivity index is 1.75. The molecular weight excluding hydrogens is 276 g/mol. The van der Waals surface area contributed by atoms with Crippen molar-refractivity contribution in [2.75, 3.05) is 26.7 Å². The van der Waals surface area contributed by atoms with Crippen molar-refractivity contribution in [1.29, 1.82) is 0 Å². The molecule has 5 heteroatoms. The first-order valence-electron chi connectivity index (χ1n) is 7.73. The van der Waals surface area contributed by atoms with Crippen molar-refractivity contribution in [2.45, 2.75) is 19.9 Å². The Morgan fingerprint density at radius 1 is 1.36 bits per heavy atom. The predicted molar refractivity (Wildman–Crippen MR) is 87.6 cm³/mol. The van der Waals surface area contributed by atoms with Gasteiger partial charge in [0, 0.05) is 24.2 Å². The molecule has 0 amide bonds. The Kier molecular flexibility index (Phi) is 4.18. The molecule has 3 rings (SSSR count). The van der Waals surface area contributed by atoms with Gasteiger partial charge in [0.1, 0.15) is 5.75 Å². The molecule has 1 aromatic carbocycles. The summed E-state index contributed by atoms with van der Waals surface area (Å²) < 4.78 is 5.21. The van der Waals surface area contributed by atoms with Crippen molar-refractivity contribution in [3.63, 3.8) is 0 Å². The molecule has 22 heavy (non-hydrogen) atoms. The van der Waals surface area contributed by atoms with E-state index >= 15 is 0 Å².